The number of carbonyl (C=O) groups excluding carboxylic acids is 1. The van der Waals surface area contributed by atoms with Crippen LogP contribution in [-0.2, 0) is 15.3 Å². The van der Waals surface area contributed by atoms with Gasteiger partial charge >= 0.3 is 0 Å². The largest absolute Gasteiger partial charge is 0.343 e. The lowest BCUT2D eigenvalue weighted by Crippen LogP contribution is -2.39. The fraction of sp³-hybridized carbons (Fsp3) is 0.136. The van der Waals surface area contributed by atoms with Gasteiger partial charge in [-0.05, 0) is 11.1 Å². The normalized spacial score (nSPS) is 11.3. The SMILES string of the molecule is COC(OC)(C(=O)c1ccc(-c2ccccc2)cc1)c1ccccc1. The zero-order valence-corrected chi connectivity index (χ0v) is 14.3. The molecule has 0 fully saturated rings. The van der Waals surface area contributed by atoms with E-state index >= 15 is 0 Å². The van der Waals surface area contributed by atoms with Gasteiger partial charge in [0.05, 0.1) is 0 Å². The van der Waals surface area contributed by atoms with Crippen LogP contribution in [0, 0.1) is 0 Å². The number of Topliss-reactive ketones (excluding diaryl/α,β-unsaturated/α-hetero) is 1. The Labute approximate surface area is 147 Å². The smallest absolute Gasteiger partial charge is 0.260 e. The van der Waals surface area contributed by atoms with Crippen LogP contribution in [0.25, 0.3) is 11.1 Å². The number of hydrogen-bond donors (Lipinski definition) is 0. The van der Waals surface area contributed by atoms with Gasteiger partial charge in [-0.25, -0.2) is 0 Å². The van der Waals surface area contributed by atoms with Crippen molar-refractivity contribution in [2.24, 2.45) is 0 Å². The fourth-order valence-corrected chi connectivity index (χ4v) is 2.93. The Morgan fingerprint density at radius 2 is 1.16 bits per heavy atom. The van der Waals surface area contributed by atoms with E-state index in [1.54, 1.807) is 12.1 Å². The molecule has 3 heteroatoms. The van der Waals surface area contributed by atoms with Crippen LogP contribution in [0.5, 0.6) is 0 Å². The van der Waals surface area contributed by atoms with Gasteiger partial charge in [0.25, 0.3) is 5.79 Å². The Morgan fingerprint density at radius 1 is 0.680 bits per heavy atom. The summed E-state index contributed by atoms with van der Waals surface area (Å²) in [6.07, 6.45) is 0. The first-order chi connectivity index (χ1) is 12.2. The first kappa shape index (κ1) is 17.1. The Morgan fingerprint density at radius 3 is 1.68 bits per heavy atom. The third-order valence-corrected chi connectivity index (χ3v) is 4.28. The third kappa shape index (κ3) is 3.25. The maximum Gasteiger partial charge on any atom is 0.260 e. The molecule has 0 aliphatic rings. The highest BCUT2D eigenvalue weighted by molar-refractivity contribution is 6.02. The van der Waals surface area contributed by atoms with E-state index in [2.05, 4.69) is 0 Å². The van der Waals surface area contributed by atoms with Crippen molar-refractivity contribution < 1.29 is 14.3 Å². The summed E-state index contributed by atoms with van der Waals surface area (Å²) in [7, 11) is 2.96. The van der Waals surface area contributed by atoms with Crippen LogP contribution >= 0.6 is 0 Å². The van der Waals surface area contributed by atoms with Gasteiger partial charge in [0.2, 0.25) is 5.78 Å². The van der Waals surface area contributed by atoms with Gasteiger partial charge in [-0.2, -0.15) is 0 Å². The predicted octanol–water partition coefficient (Wildman–Crippen LogP) is 4.68. The molecule has 0 aliphatic carbocycles. The summed E-state index contributed by atoms with van der Waals surface area (Å²) >= 11 is 0. The van der Waals surface area contributed by atoms with E-state index < -0.39 is 5.79 Å². The van der Waals surface area contributed by atoms with Crippen LogP contribution in [0.1, 0.15) is 15.9 Å². The second kappa shape index (κ2) is 7.43. The van der Waals surface area contributed by atoms with E-state index in [9.17, 15) is 4.79 Å². The first-order valence-corrected chi connectivity index (χ1v) is 8.07. The number of rotatable bonds is 6. The Bertz CT molecular complexity index is 820. The summed E-state index contributed by atoms with van der Waals surface area (Å²) in [4.78, 5) is 13.1. The Hall–Kier alpha value is -2.75. The molecule has 0 bridgehead atoms. The van der Waals surface area contributed by atoms with Gasteiger partial charge in [-0.3, -0.25) is 4.79 Å². The second-order valence-electron chi connectivity index (χ2n) is 5.66. The highest BCUT2D eigenvalue weighted by Gasteiger charge is 2.41. The number of benzene rings is 3. The van der Waals surface area contributed by atoms with Gasteiger partial charge in [0, 0.05) is 25.3 Å². The van der Waals surface area contributed by atoms with Crippen LogP contribution < -0.4 is 0 Å². The number of ketones is 1. The zero-order chi connectivity index (χ0) is 17.7. The average Bonchev–Trinajstić information content (AvgIpc) is 2.71. The van der Waals surface area contributed by atoms with E-state index in [1.165, 1.54) is 14.2 Å². The Kier molecular flexibility index (Phi) is 5.08. The number of hydrogen-bond acceptors (Lipinski definition) is 3. The summed E-state index contributed by atoms with van der Waals surface area (Å²) in [5.41, 5.74) is 3.36. The van der Waals surface area contributed by atoms with Crippen LogP contribution in [0.4, 0.5) is 0 Å². The lowest BCUT2D eigenvalue weighted by molar-refractivity contribution is -0.176. The van der Waals surface area contributed by atoms with Gasteiger partial charge < -0.3 is 9.47 Å². The third-order valence-electron chi connectivity index (χ3n) is 4.28. The molecule has 0 saturated carbocycles. The molecular formula is C22H20O3. The van der Waals surface area contributed by atoms with Crippen molar-refractivity contribution >= 4 is 5.78 Å². The molecule has 25 heavy (non-hydrogen) atoms. The number of ether oxygens (including phenoxy) is 2. The van der Waals surface area contributed by atoms with Crippen molar-refractivity contribution in [1.82, 2.24) is 0 Å². The van der Waals surface area contributed by atoms with Crippen LogP contribution in [-0.4, -0.2) is 20.0 Å². The molecule has 0 saturated heterocycles. The molecule has 0 amide bonds. The van der Waals surface area contributed by atoms with Crippen molar-refractivity contribution in [2.45, 2.75) is 5.79 Å². The summed E-state index contributed by atoms with van der Waals surface area (Å²) in [6.45, 7) is 0. The van der Waals surface area contributed by atoms with Crippen molar-refractivity contribution in [2.75, 3.05) is 14.2 Å². The number of carbonyl (C=O) groups is 1. The molecule has 0 radical (unpaired) electrons. The molecule has 3 aromatic carbocycles. The quantitative estimate of drug-likeness (QED) is 0.485. The minimum atomic E-state index is -1.45. The molecule has 0 atom stereocenters. The molecule has 0 heterocycles. The molecule has 3 rings (SSSR count). The molecule has 0 unspecified atom stereocenters. The van der Waals surface area contributed by atoms with Gasteiger partial charge in [0.15, 0.2) is 0 Å². The maximum absolute atomic E-state index is 13.1. The molecule has 0 aliphatic heterocycles. The second-order valence-corrected chi connectivity index (χ2v) is 5.66. The van der Waals surface area contributed by atoms with E-state index in [4.69, 9.17) is 9.47 Å². The minimum Gasteiger partial charge on any atom is -0.343 e. The summed E-state index contributed by atoms with van der Waals surface area (Å²) < 4.78 is 11.1. The summed E-state index contributed by atoms with van der Waals surface area (Å²) in [5, 5.41) is 0. The van der Waals surface area contributed by atoms with Crippen LogP contribution in [0.3, 0.4) is 0 Å². The van der Waals surface area contributed by atoms with E-state index in [-0.39, 0.29) is 5.78 Å². The topological polar surface area (TPSA) is 35.5 Å². The molecular weight excluding hydrogens is 312 g/mol. The number of methoxy groups -OCH3 is 2. The zero-order valence-electron chi connectivity index (χ0n) is 14.3. The first-order valence-electron chi connectivity index (χ1n) is 8.07. The van der Waals surface area contributed by atoms with Crippen molar-refractivity contribution in [3.8, 4) is 11.1 Å². The highest BCUT2D eigenvalue weighted by atomic mass is 16.7. The molecule has 126 valence electrons. The molecule has 3 aromatic rings. The highest BCUT2D eigenvalue weighted by Crippen LogP contribution is 2.31. The Balaban J connectivity index is 1.96. The summed E-state index contributed by atoms with van der Waals surface area (Å²) in [6, 6.07) is 26.8. The van der Waals surface area contributed by atoms with E-state index in [1.807, 2.05) is 72.8 Å². The van der Waals surface area contributed by atoms with E-state index in [0.717, 1.165) is 11.1 Å². The fourth-order valence-electron chi connectivity index (χ4n) is 2.93. The van der Waals surface area contributed by atoms with Crippen molar-refractivity contribution in [1.29, 1.82) is 0 Å². The summed E-state index contributed by atoms with van der Waals surface area (Å²) in [5.74, 6) is -1.68. The monoisotopic (exact) mass is 332 g/mol. The molecule has 0 spiro atoms. The maximum atomic E-state index is 13.1. The molecule has 3 nitrogen and oxygen atoms in total. The van der Waals surface area contributed by atoms with E-state index in [0.29, 0.717) is 11.1 Å². The molecule has 0 aromatic heterocycles. The van der Waals surface area contributed by atoms with Crippen LogP contribution in [0.2, 0.25) is 0 Å². The predicted molar refractivity (Wildman–Crippen MR) is 98.3 cm³/mol. The van der Waals surface area contributed by atoms with Crippen molar-refractivity contribution in [3.05, 3.63) is 96.1 Å². The lowest BCUT2D eigenvalue weighted by Gasteiger charge is -2.29. The average molecular weight is 332 g/mol. The van der Waals surface area contributed by atoms with Gasteiger partial charge in [-0.15, -0.1) is 0 Å². The standard InChI is InChI=1S/C22H20O3/c1-24-22(25-2,20-11-7-4-8-12-20)21(23)19-15-13-18(14-16-19)17-9-5-3-6-10-17/h3-16H,1-2H3. The lowest BCUT2D eigenvalue weighted by atomic mass is 9.94. The molecule has 0 N–H and O–H groups in total. The van der Waals surface area contributed by atoms with Gasteiger partial charge in [0.1, 0.15) is 0 Å². The van der Waals surface area contributed by atoms with Gasteiger partial charge in [-0.1, -0.05) is 84.9 Å². The minimum absolute atomic E-state index is 0.233. The van der Waals surface area contributed by atoms with Crippen LogP contribution in [0.15, 0.2) is 84.9 Å². The van der Waals surface area contributed by atoms with Crippen molar-refractivity contribution in [3.63, 3.8) is 0 Å².